The third-order valence-electron chi connectivity index (χ3n) is 2.72. The molecule has 1 atom stereocenters. The average Bonchev–Trinajstić information content (AvgIpc) is 2.82. The summed E-state index contributed by atoms with van der Waals surface area (Å²) in [7, 11) is 0. The van der Waals surface area contributed by atoms with Crippen molar-refractivity contribution in [1.29, 1.82) is 0 Å². The van der Waals surface area contributed by atoms with E-state index in [-0.39, 0.29) is 11.3 Å². The quantitative estimate of drug-likeness (QED) is 0.504. The number of allylic oxidation sites excluding steroid dienone is 1. The lowest BCUT2D eigenvalue weighted by Crippen LogP contribution is -2.11. The summed E-state index contributed by atoms with van der Waals surface area (Å²) >= 11 is 2.83. The van der Waals surface area contributed by atoms with Gasteiger partial charge in [0.25, 0.3) is 0 Å². The molecule has 0 spiro atoms. The molecule has 1 aromatic rings. The third kappa shape index (κ3) is 4.15. The van der Waals surface area contributed by atoms with Crippen LogP contribution in [0.5, 0.6) is 5.75 Å². The van der Waals surface area contributed by atoms with Crippen LogP contribution in [0.1, 0.15) is 12.5 Å². The van der Waals surface area contributed by atoms with Crippen molar-refractivity contribution in [3.63, 3.8) is 0 Å². The summed E-state index contributed by atoms with van der Waals surface area (Å²) < 4.78 is 0.570. The predicted molar refractivity (Wildman–Crippen MR) is 86.3 cm³/mol. The molecule has 110 valence electrons. The predicted octanol–water partition coefficient (Wildman–Crippen LogP) is 3.14. The molecular formula is C15H14O4S2. The van der Waals surface area contributed by atoms with Crippen molar-refractivity contribution in [3.8, 4) is 5.75 Å². The number of carbonyl (C=O) groups is 2. The molecule has 1 aliphatic rings. The van der Waals surface area contributed by atoms with Crippen LogP contribution in [-0.4, -0.2) is 33.0 Å². The Kier molecular flexibility index (Phi) is 5.14. The second kappa shape index (κ2) is 6.87. The second-order valence-corrected chi connectivity index (χ2v) is 7.24. The average molecular weight is 322 g/mol. The van der Waals surface area contributed by atoms with E-state index in [1.165, 1.54) is 47.8 Å². The summed E-state index contributed by atoms with van der Waals surface area (Å²) in [6.45, 7) is 2.00. The summed E-state index contributed by atoms with van der Waals surface area (Å²) in [6.07, 6.45) is 2.73. The summed E-state index contributed by atoms with van der Waals surface area (Å²) in [5, 5.41) is 18.9. The maximum atomic E-state index is 12.1. The smallest absolute Gasteiger partial charge is 0.341 e. The molecule has 0 aromatic heterocycles. The van der Waals surface area contributed by atoms with Crippen LogP contribution in [0.3, 0.4) is 0 Å². The Morgan fingerprint density at radius 2 is 2.14 bits per heavy atom. The number of phenols is 1. The van der Waals surface area contributed by atoms with Crippen molar-refractivity contribution in [1.82, 2.24) is 0 Å². The van der Waals surface area contributed by atoms with Crippen molar-refractivity contribution in [2.45, 2.75) is 12.2 Å². The molecule has 1 aliphatic heterocycles. The number of phenolic OH excluding ortho intramolecular Hbond substituents is 1. The molecule has 21 heavy (non-hydrogen) atoms. The molecule has 6 heteroatoms. The minimum Gasteiger partial charge on any atom is -0.508 e. The summed E-state index contributed by atoms with van der Waals surface area (Å²) in [5.41, 5.74) is 0.462. The molecule has 0 saturated carbocycles. The van der Waals surface area contributed by atoms with Crippen molar-refractivity contribution < 1.29 is 19.8 Å². The van der Waals surface area contributed by atoms with Crippen LogP contribution in [0.25, 0.3) is 6.08 Å². The van der Waals surface area contributed by atoms with Crippen LogP contribution in [0.2, 0.25) is 0 Å². The highest BCUT2D eigenvalue weighted by Crippen LogP contribution is 2.43. The molecule has 0 aliphatic carbocycles. The minimum atomic E-state index is -1.20. The first kappa shape index (κ1) is 15.7. The van der Waals surface area contributed by atoms with Crippen LogP contribution >= 0.6 is 23.5 Å². The molecule has 1 heterocycles. The molecule has 1 fully saturated rings. The van der Waals surface area contributed by atoms with Crippen molar-refractivity contribution in [2.24, 2.45) is 0 Å². The summed E-state index contributed by atoms with van der Waals surface area (Å²) in [4.78, 5) is 23.4. The number of carbonyl (C=O) groups excluding carboxylic acids is 1. The first-order valence-corrected chi connectivity index (χ1v) is 8.12. The summed E-state index contributed by atoms with van der Waals surface area (Å²) in [6, 6.07) is 6.40. The van der Waals surface area contributed by atoms with Crippen molar-refractivity contribution in [3.05, 3.63) is 45.7 Å². The number of thioether (sulfide) groups is 2. The van der Waals surface area contributed by atoms with Crippen LogP contribution < -0.4 is 0 Å². The molecule has 0 bridgehead atoms. The Labute approximate surface area is 130 Å². The van der Waals surface area contributed by atoms with E-state index >= 15 is 0 Å². The van der Waals surface area contributed by atoms with E-state index < -0.39 is 11.8 Å². The largest absolute Gasteiger partial charge is 0.508 e. The minimum absolute atomic E-state index is 0.0946. The number of aliphatic carboxylic acids is 1. The lowest BCUT2D eigenvalue weighted by Gasteiger charge is -2.02. The molecule has 2 rings (SSSR count). The zero-order valence-electron chi connectivity index (χ0n) is 11.3. The molecular weight excluding hydrogens is 308 g/mol. The van der Waals surface area contributed by atoms with Crippen molar-refractivity contribution >= 4 is 41.4 Å². The highest BCUT2D eigenvalue weighted by molar-refractivity contribution is 8.25. The number of hydrogen-bond acceptors (Lipinski definition) is 5. The standard InChI is InChI=1S/C15H14O4S2/c1-9-8-20-15(21-9)13(14(18)19)12(17)6-5-10-3-2-4-11(16)7-10/h2-7,9,16H,8H2,1H3,(H,18,19). The zero-order valence-corrected chi connectivity index (χ0v) is 12.9. The highest BCUT2D eigenvalue weighted by Gasteiger charge is 2.27. The van der Waals surface area contributed by atoms with E-state index in [1.807, 2.05) is 6.92 Å². The number of hydrogen-bond donors (Lipinski definition) is 2. The number of carboxylic acids is 1. The van der Waals surface area contributed by atoms with Crippen LogP contribution in [-0.2, 0) is 9.59 Å². The number of aromatic hydroxyl groups is 1. The van der Waals surface area contributed by atoms with Gasteiger partial charge < -0.3 is 10.2 Å². The van der Waals surface area contributed by atoms with Gasteiger partial charge in [0.05, 0.1) is 4.24 Å². The maximum absolute atomic E-state index is 12.1. The van der Waals surface area contributed by atoms with Crippen LogP contribution in [0, 0.1) is 0 Å². The van der Waals surface area contributed by atoms with Gasteiger partial charge in [-0.1, -0.05) is 25.1 Å². The van der Waals surface area contributed by atoms with Gasteiger partial charge in [0, 0.05) is 11.0 Å². The molecule has 1 aromatic carbocycles. The Morgan fingerprint density at radius 3 is 2.71 bits per heavy atom. The lowest BCUT2D eigenvalue weighted by molar-refractivity contribution is -0.134. The van der Waals surface area contributed by atoms with Crippen LogP contribution in [0.4, 0.5) is 0 Å². The number of ketones is 1. The Hall–Kier alpha value is -1.66. The van der Waals surface area contributed by atoms with Gasteiger partial charge in [-0.25, -0.2) is 4.79 Å². The van der Waals surface area contributed by atoms with Gasteiger partial charge in [-0.15, -0.1) is 23.5 Å². The van der Waals surface area contributed by atoms with E-state index in [1.54, 1.807) is 12.1 Å². The molecule has 0 radical (unpaired) electrons. The monoisotopic (exact) mass is 322 g/mol. The first-order chi connectivity index (χ1) is 9.97. The van der Waals surface area contributed by atoms with Gasteiger partial charge in [0.2, 0.25) is 0 Å². The molecule has 1 saturated heterocycles. The lowest BCUT2D eigenvalue weighted by atomic mass is 10.1. The number of carboxylic acid groups (broad SMARTS) is 1. The maximum Gasteiger partial charge on any atom is 0.341 e. The Balaban J connectivity index is 2.22. The summed E-state index contributed by atoms with van der Waals surface area (Å²) in [5.74, 6) is -0.836. The van der Waals surface area contributed by atoms with E-state index in [0.29, 0.717) is 15.1 Å². The second-order valence-electron chi connectivity index (χ2n) is 4.50. The fourth-order valence-corrected chi connectivity index (χ4v) is 4.59. The van der Waals surface area contributed by atoms with E-state index in [9.17, 15) is 19.8 Å². The van der Waals surface area contributed by atoms with Gasteiger partial charge in [-0.3, -0.25) is 4.79 Å². The van der Waals surface area contributed by atoms with Crippen molar-refractivity contribution in [2.75, 3.05) is 5.75 Å². The van der Waals surface area contributed by atoms with Gasteiger partial charge in [0.15, 0.2) is 5.78 Å². The molecule has 2 N–H and O–H groups in total. The SMILES string of the molecule is CC1CSC(=C(C(=O)O)C(=O)C=Cc2cccc(O)c2)S1. The number of rotatable bonds is 4. The van der Waals surface area contributed by atoms with E-state index in [0.717, 1.165) is 5.75 Å². The van der Waals surface area contributed by atoms with Gasteiger partial charge in [-0.05, 0) is 23.8 Å². The zero-order chi connectivity index (χ0) is 15.4. The highest BCUT2D eigenvalue weighted by atomic mass is 32.2. The van der Waals surface area contributed by atoms with E-state index in [2.05, 4.69) is 0 Å². The fourth-order valence-electron chi connectivity index (χ4n) is 1.75. The number of benzene rings is 1. The topological polar surface area (TPSA) is 74.6 Å². The van der Waals surface area contributed by atoms with Gasteiger partial charge in [0.1, 0.15) is 11.3 Å². The van der Waals surface area contributed by atoms with Crippen LogP contribution in [0.15, 0.2) is 40.2 Å². The van der Waals surface area contributed by atoms with E-state index in [4.69, 9.17) is 0 Å². The Morgan fingerprint density at radius 1 is 1.38 bits per heavy atom. The molecule has 1 unspecified atom stereocenters. The fraction of sp³-hybridized carbons (Fsp3) is 0.200. The Bertz CT molecular complexity index is 634. The molecule has 0 amide bonds. The molecule has 4 nitrogen and oxygen atoms in total. The van der Waals surface area contributed by atoms with Gasteiger partial charge in [-0.2, -0.15) is 0 Å². The third-order valence-corrected chi connectivity index (χ3v) is 5.69. The van der Waals surface area contributed by atoms with Gasteiger partial charge >= 0.3 is 5.97 Å². The normalized spacial score (nSPS) is 20.7. The first-order valence-electron chi connectivity index (χ1n) is 6.26.